The van der Waals surface area contributed by atoms with Crippen molar-refractivity contribution < 1.29 is 4.74 Å². The number of hydrogen-bond donors (Lipinski definition) is 0. The highest BCUT2D eigenvalue weighted by Gasteiger charge is 2.09. The standard InChI is InChI=1S/C10H13IO/c1-8-5-3-4-6-9(8)10(7-11)12-2/h3-6,10H,7H2,1-2H3. The summed E-state index contributed by atoms with van der Waals surface area (Å²) in [5.41, 5.74) is 2.61. The highest BCUT2D eigenvalue weighted by atomic mass is 127. The zero-order chi connectivity index (χ0) is 8.97. The first-order valence-corrected chi connectivity index (χ1v) is 5.46. The van der Waals surface area contributed by atoms with Crippen LogP contribution in [0.3, 0.4) is 0 Å². The molecule has 66 valence electrons. The van der Waals surface area contributed by atoms with E-state index >= 15 is 0 Å². The van der Waals surface area contributed by atoms with Gasteiger partial charge in [-0.3, -0.25) is 0 Å². The van der Waals surface area contributed by atoms with Crippen LogP contribution >= 0.6 is 22.6 Å². The van der Waals surface area contributed by atoms with E-state index in [1.54, 1.807) is 7.11 Å². The topological polar surface area (TPSA) is 9.23 Å². The number of benzene rings is 1. The molecule has 0 aromatic heterocycles. The van der Waals surface area contributed by atoms with Gasteiger partial charge in [-0.1, -0.05) is 46.9 Å². The zero-order valence-corrected chi connectivity index (χ0v) is 9.54. The molecule has 0 N–H and O–H groups in total. The van der Waals surface area contributed by atoms with E-state index in [1.807, 2.05) is 0 Å². The largest absolute Gasteiger partial charge is 0.376 e. The summed E-state index contributed by atoms with van der Waals surface area (Å²) in [6.45, 7) is 2.12. The lowest BCUT2D eigenvalue weighted by atomic mass is 10.1. The van der Waals surface area contributed by atoms with Crippen LogP contribution in [-0.2, 0) is 4.74 Å². The molecule has 0 bridgehead atoms. The minimum Gasteiger partial charge on any atom is -0.376 e. The number of ether oxygens (including phenoxy) is 1. The Hall–Kier alpha value is -0.0900. The fourth-order valence-electron chi connectivity index (χ4n) is 1.22. The van der Waals surface area contributed by atoms with Crippen LogP contribution in [0, 0.1) is 6.92 Å². The molecule has 1 aromatic carbocycles. The quantitative estimate of drug-likeness (QED) is 0.609. The summed E-state index contributed by atoms with van der Waals surface area (Å²) in [7, 11) is 1.76. The van der Waals surface area contributed by atoms with E-state index in [-0.39, 0.29) is 6.10 Å². The number of aryl methyl sites for hydroxylation is 1. The number of hydrogen-bond acceptors (Lipinski definition) is 1. The minimum absolute atomic E-state index is 0.242. The van der Waals surface area contributed by atoms with Gasteiger partial charge in [-0.25, -0.2) is 0 Å². The maximum Gasteiger partial charge on any atom is 0.0913 e. The number of alkyl halides is 1. The third kappa shape index (κ3) is 2.20. The Labute approximate surface area is 87.3 Å². The fourth-order valence-corrected chi connectivity index (χ4v) is 2.06. The van der Waals surface area contributed by atoms with E-state index in [1.165, 1.54) is 11.1 Å². The molecule has 0 aliphatic rings. The van der Waals surface area contributed by atoms with Gasteiger partial charge in [0.05, 0.1) is 6.10 Å². The Morgan fingerprint density at radius 3 is 2.58 bits per heavy atom. The summed E-state index contributed by atoms with van der Waals surface area (Å²) in [5.74, 6) is 0. The molecule has 0 saturated heterocycles. The van der Waals surface area contributed by atoms with Crippen molar-refractivity contribution in [3.05, 3.63) is 35.4 Å². The van der Waals surface area contributed by atoms with Crippen LogP contribution in [-0.4, -0.2) is 11.5 Å². The molecule has 0 heterocycles. The van der Waals surface area contributed by atoms with Gasteiger partial charge < -0.3 is 4.74 Å². The van der Waals surface area contributed by atoms with Gasteiger partial charge in [0.25, 0.3) is 0 Å². The third-order valence-electron chi connectivity index (χ3n) is 1.96. The predicted molar refractivity (Wildman–Crippen MR) is 59.8 cm³/mol. The second-order valence-electron chi connectivity index (χ2n) is 2.74. The van der Waals surface area contributed by atoms with Crippen molar-refractivity contribution in [2.45, 2.75) is 13.0 Å². The van der Waals surface area contributed by atoms with Crippen molar-refractivity contribution in [3.63, 3.8) is 0 Å². The number of methoxy groups -OCH3 is 1. The molecule has 2 heteroatoms. The van der Waals surface area contributed by atoms with E-state index < -0.39 is 0 Å². The van der Waals surface area contributed by atoms with E-state index in [4.69, 9.17) is 4.74 Å². The van der Waals surface area contributed by atoms with Gasteiger partial charge in [-0.15, -0.1) is 0 Å². The molecule has 0 radical (unpaired) electrons. The molecular formula is C10H13IO. The van der Waals surface area contributed by atoms with E-state index in [0.29, 0.717) is 0 Å². The van der Waals surface area contributed by atoms with Crippen molar-refractivity contribution >= 4 is 22.6 Å². The van der Waals surface area contributed by atoms with Gasteiger partial charge in [0.1, 0.15) is 0 Å². The Balaban J connectivity index is 2.92. The van der Waals surface area contributed by atoms with E-state index in [2.05, 4.69) is 53.8 Å². The monoisotopic (exact) mass is 276 g/mol. The van der Waals surface area contributed by atoms with Crippen LogP contribution in [0.4, 0.5) is 0 Å². The van der Waals surface area contributed by atoms with Crippen LogP contribution < -0.4 is 0 Å². The van der Waals surface area contributed by atoms with Crippen LogP contribution in [0.1, 0.15) is 17.2 Å². The van der Waals surface area contributed by atoms with Crippen LogP contribution in [0.15, 0.2) is 24.3 Å². The van der Waals surface area contributed by atoms with Gasteiger partial charge in [0.2, 0.25) is 0 Å². The molecule has 1 rings (SSSR count). The Morgan fingerprint density at radius 1 is 1.42 bits per heavy atom. The van der Waals surface area contributed by atoms with E-state index in [0.717, 1.165) is 4.43 Å². The van der Waals surface area contributed by atoms with Crippen molar-refractivity contribution in [3.8, 4) is 0 Å². The van der Waals surface area contributed by atoms with Gasteiger partial charge in [-0.2, -0.15) is 0 Å². The second kappa shape index (κ2) is 4.82. The van der Waals surface area contributed by atoms with Crippen molar-refractivity contribution in [2.24, 2.45) is 0 Å². The van der Waals surface area contributed by atoms with Crippen molar-refractivity contribution in [1.82, 2.24) is 0 Å². The lowest BCUT2D eigenvalue weighted by Crippen LogP contribution is -2.04. The van der Waals surface area contributed by atoms with Crippen LogP contribution in [0.25, 0.3) is 0 Å². The van der Waals surface area contributed by atoms with Crippen LogP contribution in [0.2, 0.25) is 0 Å². The summed E-state index contributed by atoms with van der Waals surface area (Å²) < 4.78 is 6.36. The number of halogens is 1. The molecule has 0 aliphatic carbocycles. The first-order chi connectivity index (χ1) is 5.79. The molecule has 1 aromatic rings. The Kier molecular flexibility index (Phi) is 4.01. The molecule has 12 heavy (non-hydrogen) atoms. The molecule has 1 unspecified atom stereocenters. The highest BCUT2D eigenvalue weighted by molar-refractivity contribution is 14.1. The fraction of sp³-hybridized carbons (Fsp3) is 0.400. The molecule has 1 nitrogen and oxygen atoms in total. The lowest BCUT2D eigenvalue weighted by molar-refractivity contribution is 0.125. The molecule has 0 spiro atoms. The maximum absolute atomic E-state index is 5.36. The summed E-state index contributed by atoms with van der Waals surface area (Å²) in [6, 6.07) is 8.36. The second-order valence-corrected chi connectivity index (χ2v) is 3.62. The molecule has 1 atom stereocenters. The maximum atomic E-state index is 5.36. The smallest absolute Gasteiger partial charge is 0.0913 e. The summed E-state index contributed by atoms with van der Waals surface area (Å²) in [6.07, 6.45) is 0.242. The summed E-state index contributed by atoms with van der Waals surface area (Å²) in [4.78, 5) is 0. The minimum atomic E-state index is 0.242. The molecule has 0 amide bonds. The average Bonchev–Trinajstić information content (AvgIpc) is 2.10. The Morgan fingerprint density at radius 2 is 2.08 bits per heavy atom. The third-order valence-corrected chi connectivity index (χ3v) is 2.76. The van der Waals surface area contributed by atoms with Gasteiger partial charge in [-0.05, 0) is 18.1 Å². The lowest BCUT2D eigenvalue weighted by Gasteiger charge is -2.14. The molecule has 0 aliphatic heterocycles. The average molecular weight is 276 g/mol. The predicted octanol–water partition coefficient (Wildman–Crippen LogP) is 3.12. The molecule has 0 saturated carbocycles. The first kappa shape index (κ1) is 9.99. The van der Waals surface area contributed by atoms with Gasteiger partial charge >= 0.3 is 0 Å². The molecular weight excluding hydrogens is 263 g/mol. The zero-order valence-electron chi connectivity index (χ0n) is 7.38. The van der Waals surface area contributed by atoms with Gasteiger partial charge in [0, 0.05) is 11.5 Å². The molecule has 0 fully saturated rings. The summed E-state index contributed by atoms with van der Waals surface area (Å²) in [5, 5.41) is 0. The normalized spacial score (nSPS) is 12.9. The van der Waals surface area contributed by atoms with Crippen molar-refractivity contribution in [2.75, 3.05) is 11.5 Å². The van der Waals surface area contributed by atoms with Crippen molar-refractivity contribution in [1.29, 1.82) is 0 Å². The SMILES string of the molecule is COC(CI)c1ccccc1C. The summed E-state index contributed by atoms with van der Waals surface area (Å²) >= 11 is 2.34. The van der Waals surface area contributed by atoms with Crippen LogP contribution in [0.5, 0.6) is 0 Å². The van der Waals surface area contributed by atoms with Gasteiger partial charge in [0.15, 0.2) is 0 Å². The first-order valence-electron chi connectivity index (χ1n) is 3.94. The number of rotatable bonds is 3. The van der Waals surface area contributed by atoms with E-state index in [9.17, 15) is 0 Å². The highest BCUT2D eigenvalue weighted by Crippen LogP contribution is 2.21. The Bertz CT molecular complexity index is 243.